The van der Waals surface area contributed by atoms with Crippen molar-refractivity contribution in [2.75, 3.05) is 11.0 Å². The topological polar surface area (TPSA) is 105 Å². The highest BCUT2D eigenvalue weighted by molar-refractivity contribution is 7.92. The minimum absolute atomic E-state index is 0.0544. The zero-order valence-corrected chi connectivity index (χ0v) is 16.2. The van der Waals surface area contributed by atoms with E-state index in [4.69, 9.17) is 4.74 Å². The lowest BCUT2D eigenvalue weighted by atomic mass is 10.1. The van der Waals surface area contributed by atoms with Gasteiger partial charge in [-0.25, -0.2) is 8.42 Å². The van der Waals surface area contributed by atoms with Gasteiger partial charge in [-0.2, -0.15) is 0 Å². The molecule has 0 aliphatic rings. The number of sulfonamides is 1. The number of fused-ring (bicyclic) bond motifs is 1. The molecule has 1 aromatic heterocycles. The lowest BCUT2D eigenvalue weighted by molar-refractivity contribution is -0.145. The van der Waals surface area contributed by atoms with Gasteiger partial charge in [0.15, 0.2) is 6.10 Å². The van der Waals surface area contributed by atoms with E-state index in [-0.39, 0.29) is 12.2 Å². The Labute approximate surface area is 162 Å². The summed E-state index contributed by atoms with van der Waals surface area (Å²) >= 11 is 0. The van der Waals surface area contributed by atoms with Crippen molar-refractivity contribution in [3.8, 4) is 0 Å². The van der Waals surface area contributed by atoms with Gasteiger partial charge in [-0.05, 0) is 42.8 Å². The minimum atomic E-state index is -3.39. The summed E-state index contributed by atoms with van der Waals surface area (Å²) in [6.45, 7) is 1.51. The van der Waals surface area contributed by atoms with Crippen molar-refractivity contribution in [1.29, 1.82) is 0 Å². The minimum Gasteiger partial charge on any atom is -0.454 e. The van der Waals surface area contributed by atoms with Crippen molar-refractivity contribution < 1.29 is 22.7 Å². The Morgan fingerprint density at radius 1 is 1.11 bits per heavy atom. The predicted molar refractivity (Wildman–Crippen MR) is 107 cm³/mol. The van der Waals surface area contributed by atoms with E-state index in [0.29, 0.717) is 11.3 Å². The Morgan fingerprint density at radius 3 is 2.46 bits per heavy atom. The van der Waals surface area contributed by atoms with E-state index in [9.17, 15) is 18.0 Å². The number of benzene rings is 2. The summed E-state index contributed by atoms with van der Waals surface area (Å²) in [7, 11) is -3.39. The maximum Gasteiger partial charge on any atom is 0.311 e. The number of ketones is 1. The number of aromatic nitrogens is 1. The molecule has 3 aromatic rings. The van der Waals surface area contributed by atoms with Crippen LogP contribution in [0.15, 0.2) is 54.7 Å². The van der Waals surface area contributed by atoms with Crippen LogP contribution < -0.4 is 4.72 Å². The Bertz CT molecular complexity index is 1120. The van der Waals surface area contributed by atoms with E-state index >= 15 is 0 Å². The van der Waals surface area contributed by atoms with Crippen molar-refractivity contribution >= 4 is 38.4 Å². The van der Waals surface area contributed by atoms with Crippen LogP contribution in [-0.2, 0) is 26.0 Å². The molecule has 0 amide bonds. The van der Waals surface area contributed by atoms with Gasteiger partial charge in [-0.15, -0.1) is 0 Å². The number of anilines is 1. The highest BCUT2D eigenvalue weighted by Crippen LogP contribution is 2.19. The van der Waals surface area contributed by atoms with Crippen LogP contribution in [0.3, 0.4) is 0 Å². The predicted octanol–water partition coefficient (Wildman–Crippen LogP) is 2.90. The Balaban J connectivity index is 1.62. The molecule has 1 atom stereocenters. The van der Waals surface area contributed by atoms with Gasteiger partial charge >= 0.3 is 5.97 Å². The number of hydrogen-bond acceptors (Lipinski definition) is 5. The molecule has 0 saturated heterocycles. The third kappa shape index (κ3) is 4.77. The Kier molecular flexibility index (Phi) is 5.51. The maximum absolute atomic E-state index is 12.5. The van der Waals surface area contributed by atoms with Crippen LogP contribution >= 0.6 is 0 Å². The molecule has 0 aliphatic carbocycles. The molecule has 0 saturated carbocycles. The van der Waals surface area contributed by atoms with Crippen LogP contribution in [0.2, 0.25) is 0 Å². The summed E-state index contributed by atoms with van der Waals surface area (Å²) in [5, 5.41) is 0.937. The number of ether oxygens (including phenoxy) is 1. The van der Waals surface area contributed by atoms with Crippen molar-refractivity contribution in [2.45, 2.75) is 19.4 Å². The molecule has 1 unspecified atom stereocenters. The molecule has 146 valence electrons. The molecule has 0 spiro atoms. The number of rotatable bonds is 7. The van der Waals surface area contributed by atoms with Gasteiger partial charge < -0.3 is 9.72 Å². The highest BCUT2D eigenvalue weighted by atomic mass is 32.2. The maximum atomic E-state index is 12.5. The van der Waals surface area contributed by atoms with E-state index in [1.165, 1.54) is 31.2 Å². The summed E-state index contributed by atoms with van der Waals surface area (Å²) in [6, 6.07) is 13.6. The Hall–Kier alpha value is -3.13. The van der Waals surface area contributed by atoms with Gasteiger partial charge in [0, 0.05) is 28.4 Å². The fourth-order valence-electron chi connectivity index (χ4n) is 2.88. The molecular weight excluding hydrogens is 380 g/mol. The van der Waals surface area contributed by atoms with Gasteiger partial charge in [0.05, 0.1) is 12.7 Å². The number of hydrogen-bond donors (Lipinski definition) is 2. The molecule has 2 N–H and O–H groups in total. The molecule has 3 rings (SSSR count). The quantitative estimate of drug-likeness (QED) is 0.469. The normalized spacial score (nSPS) is 12.5. The average Bonchev–Trinajstić information content (AvgIpc) is 3.03. The first kappa shape index (κ1) is 19.6. The lowest BCUT2D eigenvalue weighted by Crippen LogP contribution is -2.25. The molecule has 0 aliphatic heterocycles. The van der Waals surface area contributed by atoms with Crippen molar-refractivity contribution in [3.05, 3.63) is 65.9 Å². The molecule has 7 nitrogen and oxygen atoms in total. The summed E-state index contributed by atoms with van der Waals surface area (Å²) < 4.78 is 30.1. The van der Waals surface area contributed by atoms with Gasteiger partial charge in [0.1, 0.15) is 0 Å². The molecule has 1 heterocycles. The number of nitrogens with one attached hydrogen (secondary N) is 2. The molecular formula is C20H20N2O5S. The van der Waals surface area contributed by atoms with Crippen molar-refractivity contribution in [2.24, 2.45) is 0 Å². The number of para-hydroxylation sites is 1. The van der Waals surface area contributed by atoms with E-state index < -0.39 is 22.1 Å². The van der Waals surface area contributed by atoms with E-state index in [1.807, 2.05) is 24.3 Å². The van der Waals surface area contributed by atoms with Gasteiger partial charge in [-0.1, -0.05) is 18.2 Å². The second kappa shape index (κ2) is 7.85. The van der Waals surface area contributed by atoms with Crippen molar-refractivity contribution in [3.63, 3.8) is 0 Å². The van der Waals surface area contributed by atoms with Crippen LogP contribution in [0.4, 0.5) is 5.69 Å². The fourth-order valence-corrected chi connectivity index (χ4v) is 3.44. The zero-order valence-electron chi connectivity index (χ0n) is 15.4. The first-order chi connectivity index (χ1) is 13.2. The average molecular weight is 400 g/mol. The van der Waals surface area contributed by atoms with E-state index in [0.717, 1.165) is 22.7 Å². The zero-order chi connectivity index (χ0) is 20.3. The van der Waals surface area contributed by atoms with Crippen LogP contribution in [0.1, 0.15) is 22.8 Å². The van der Waals surface area contributed by atoms with Crippen LogP contribution in [-0.4, -0.2) is 37.5 Å². The highest BCUT2D eigenvalue weighted by Gasteiger charge is 2.20. The fraction of sp³-hybridized carbons (Fsp3) is 0.200. The second-order valence-corrected chi connectivity index (χ2v) is 8.23. The third-order valence-corrected chi connectivity index (χ3v) is 4.77. The molecule has 0 fully saturated rings. The number of esters is 1. The lowest BCUT2D eigenvalue weighted by Gasteiger charge is -2.13. The molecule has 28 heavy (non-hydrogen) atoms. The van der Waals surface area contributed by atoms with Crippen LogP contribution in [0.5, 0.6) is 0 Å². The number of Topliss-reactive ketones (excluding diaryl/α,β-unsaturated/α-hetero) is 1. The van der Waals surface area contributed by atoms with Crippen molar-refractivity contribution in [1.82, 2.24) is 4.98 Å². The second-order valence-electron chi connectivity index (χ2n) is 6.48. The molecule has 8 heteroatoms. The standard InChI is InChI=1S/C20H20N2O5S/c1-13(20(24)14-7-9-16(10-8-14)22-28(2,25)26)27-19(23)11-15-12-21-18-6-4-3-5-17(15)18/h3-10,12-13,21-22H,11H2,1-2H3. The molecule has 0 bridgehead atoms. The monoisotopic (exact) mass is 400 g/mol. The SMILES string of the molecule is CC(OC(=O)Cc1c[nH]c2ccccc12)C(=O)c1ccc(NS(C)(=O)=O)cc1. The smallest absolute Gasteiger partial charge is 0.311 e. The Morgan fingerprint density at radius 2 is 1.79 bits per heavy atom. The van der Waals surface area contributed by atoms with E-state index in [1.54, 1.807) is 6.20 Å². The summed E-state index contributed by atoms with van der Waals surface area (Å²) in [5.74, 6) is -0.862. The van der Waals surface area contributed by atoms with E-state index in [2.05, 4.69) is 9.71 Å². The first-order valence-corrected chi connectivity index (χ1v) is 10.5. The largest absolute Gasteiger partial charge is 0.454 e. The van der Waals surface area contributed by atoms with Gasteiger partial charge in [0.25, 0.3) is 0 Å². The number of aromatic amines is 1. The summed E-state index contributed by atoms with van der Waals surface area (Å²) in [6.07, 6.45) is 1.90. The first-order valence-electron chi connectivity index (χ1n) is 8.59. The third-order valence-electron chi connectivity index (χ3n) is 4.16. The van der Waals surface area contributed by atoms with Gasteiger partial charge in [-0.3, -0.25) is 14.3 Å². The summed E-state index contributed by atoms with van der Waals surface area (Å²) in [5.41, 5.74) is 2.41. The van der Waals surface area contributed by atoms with Crippen LogP contribution in [0, 0.1) is 0 Å². The number of H-pyrrole nitrogens is 1. The summed E-state index contributed by atoms with van der Waals surface area (Å²) in [4.78, 5) is 27.8. The van der Waals surface area contributed by atoms with Crippen LogP contribution in [0.25, 0.3) is 10.9 Å². The van der Waals surface area contributed by atoms with Gasteiger partial charge in [0.2, 0.25) is 15.8 Å². The molecule has 2 aromatic carbocycles. The molecule has 0 radical (unpaired) electrons. The number of carbonyl (C=O) groups is 2. The number of carbonyl (C=O) groups excluding carboxylic acids is 2.